The number of aromatic amines is 1. The van der Waals surface area contributed by atoms with Crippen LogP contribution in [0.25, 0.3) is 0 Å². The van der Waals surface area contributed by atoms with E-state index in [1.165, 1.54) is 11.3 Å². The van der Waals surface area contributed by atoms with Gasteiger partial charge in [-0.1, -0.05) is 5.21 Å². The molecule has 2 rings (SSSR count). The molecule has 2 aromatic rings. The molecule has 8 nitrogen and oxygen atoms in total. The lowest BCUT2D eigenvalue weighted by Gasteiger charge is -2.08. The maximum absolute atomic E-state index is 12.1. The Hall–Kier alpha value is -1.36. The van der Waals surface area contributed by atoms with Crippen molar-refractivity contribution in [1.29, 1.82) is 0 Å². The van der Waals surface area contributed by atoms with Gasteiger partial charge in [0.15, 0.2) is 5.82 Å². The lowest BCUT2D eigenvalue weighted by atomic mass is 10.4. The van der Waals surface area contributed by atoms with Gasteiger partial charge >= 0.3 is 0 Å². The molecule has 2 aromatic heterocycles. The van der Waals surface area contributed by atoms with E-state index in [0.29, 0.717) is 12.4 Å². The molecular formula is C9H14N6O2S2. The SMILES string of the molecule is CNCc1ccc(S(=O)(=O)NC(C)c2nn[nH]n2)s1. The number of rotatable bonds is 6. The number of thiophene rings is 1. The normalized spacial score (nSPS) is 13.6. The third-order valence-electron chi connectivity index (χ3n) is 2.33. The van der Waals surface area contributed by atoms with Crippen LogP contribution in [0.3, 0.4) is 0 Å². The molecule has 0 aliphatic carbocycles. The Kier molecular flexibility index (Phi) is 4.24. The minimum absolute atomic E-state index is 0.271. The minimum atomic E-state index is -3.56. The van der Waals surface area contributed by atoms with E-state index >= 15 is 0 Å². The first-order valence-electron chi connectivity index (χ1n) is 5.52. The minimum Gasteiger partial charge on any atom is -0.315 e. The van der Waals surface area contributed by atoms with Gasteiger partial charge in [0.05, 0.1) is 6.04 Å². The van der Waals surface area contributed by atoms with Crippen molar-refractivity contribution in [2.45, 2.75) is 23.7 Å². The molecule has 0 saturated heterocycles. The Bertz CT molecular complexity index is 621. The molecule has 0 spiro atoms. The molecule has 0 aromatic carbocycles. The second-order valence-corrected chi connectivity index (χ2v) is 6.97. The van der Waals surface area contributed by atoms with E-state index in [1.807, 2.05) is 7.05 Å². The molecule has 1 atom stereocenters. The van der Waals surface area contributed by atoms with Crippen molar-refractivity contribution in [3.8, 4) is 0 Å². The highest BCUT2D eigenvalue weighted by atomic mass is 32.2. The largest absolute Gasteiger partial charge is 0.315 e. The zero-order valence-corrected chi connectivity index (χ0v) is 12.0. The Morgan fingerprint density at radius 1 is 1.47 bits per heavy atom. The summed E-state index contributed by atoms with van der Waals surface area (Å²) in [5.74, 6) is 0.301. The first-order chi connectivity index (χ1) is 9.03. The summed E-state index contributed by atoms with van der Waals surface area (Å²) in [6, 6.07) is 2.83. The van der Waals surface area contributed by atoms with Gasteiger partial charge in [0.2, 0.25) is 0 Å². The van der Waals surface area contributed by atoms with Crippen LogP contribution in [0.5, 0.6) is 0 Å². The smallest absolute Gasteiger partial charge is 0.250 e. The van der Waals surface area contributed by atoms with E-state index in [9.17, 15) is 8.42 Å². The Morgan fingerprint density at radius 2 is 2.26 bits per heavy atom. The summed E-state index contributed by atoms with van der Waals surface area (Å²) in [6.07, 6.45) is 0. The Balaban J connectivity index is 2.13. The van der Waals surface area contributed by atoms with Crippen LogP contribution in [0.1, 0.15) is 23.7 Å². The van der Waals surface area contributed by atoms with Crippen LogP contribution in [-0.2, 0) is 16.6 Å². The third-order valence-corrected chi connectivity index (χ3v) is 5.45. The summed E-state index contributed by atoms with van der Waals surface area (Å²) in [5, 5.41) is 16.2. The quantitative estimate of drug-likeness (QED) is 0.693. The van der Waals surface area contributed by atoms with E-state index in [1.54, 1.807) is 19.1 Å². The highest BCUT2D eigenvalue weighted by Crippen LogP contribution is 2.22. The first kappa shape index (κ1) is 14.1. The van der Waals surface area contributed by atoms with Crippen LogP contribution in [0.15, 0.2) is 16.3 Å². The van der Waals surface area contributed by atoms with Crippen LogP contribution in [0.2, 0.25) is 0 Å². The van der Waals surface area contributed by atoms with E-state index in [-0.39, 0.29) is 4.21 Å². The molecule has 0 fully saturated rings. The number of hydrogen-bond acceptors (Lipinski definition) is 7. The zero-order chi connectivity index (χ0) is 13.9. The molecule has 19 heavy (non-hydrogen) atoms. The zero-order valence-electron chi connectivity index (χ0n) is 10.4. The number of hydrogen-bond donors (Lipinski definition) is 3. The van der Waals surface area contributed by atoms with Crippen LogP contribution < -0.4 is 10.0 Å². The van der Waals surface area contributed by atoms with Crippen LogP contribution >= 0.6 is 11.3 Å². The molecular weight excluding hydrogens is 288 g/mol. The maximum Gasteiger partial charge on any atom is 0.250 e. The Labute approximate surface area is 114 Å². The van der Waals surface area contributed by atoms with Crippen molar-refractivity contribution < 1.29 is 8.42 Å². The van der Waals surface area contributed by atoms with Gasteiger partial charge in [-0.15, -0.1) is 21.5 Å². The van der Waals surface area contributed by atoms with Crippen molar-refractivity contribution in [3.05, 3.63) is 22.8 Å². The third kappa shape index (κ3) is 3.35. The van der Waals surface area contributed by atoms with Crippen molar-refractivity contribution >= 4 is 21.4 Å². The monoisotopic (exact) mass is 302 g/mol. The van der Waals surface area contributed by atoms with Gasteiger partial charge in [-0.3, -0.25) is 0 Å². The standard InChI is InChI=1S/C9H14N6O2S2/c1-6(9-11-14-15-12-9)13-19(16,17)8-4-3-7(18-8)5-10-2/h3-4,6,10,13H,5H2,1-2H3,(H,11,12,14,15). The molecule has 10 heteroatoms. The van der Waals surface area contributed by atoms with E-state index in [2.05, 4.69) is 30.7 Å². The van der Waals surface area contributed by atoms with Gasteiger partial charge in [-0.2, -0.15) is 9.94 Å². The number of sulfonamides is 1. The van der Waals surface area contributed by atoms with E-state index in [0.717, 1.165) is 4.88 Å². The van der Waals surface area contributed by atoms with Crippen LogP contribution in [0.4, 0.5) is 0 Å². The van der Waals surface area contributed by atoms with Crippen molar-refractivity contribution in [1.82, 2.24) is 30.7 Å². The average molecular weight is 302 g/mol. The topological polar surface area (TPSA) is 113 Å². The van der Waals surface area contributed by atoms with Gasteiger partial charge in [0, 0.05) is 11.4 Å². The predicted molar refractivity (Wildman–Crippen MR) is 70.0 cm³/mol. The summed E-state index contributed by atoms with van der Waals surface area (Å²) in [4.78, 5) is 0.954. The molecule has 0 saturated carbocycles. The number of H-pyrrole nitrogens is 1. The van der Waals surface area contributed by atoms with Crippen LogP contribution in [-0.4, -0.2) is 36.1 Å². The van der Waals surface area contributed by atoms with Crippen LogP contribution in [0, 0.1) is 0 Å². The first-order valence-corrected chi connectivity index (χ1v) is 7.82. The molecule has 0 aliphatic heterocycles. The van der Waals surface area contributed by atoms with Gasteiger partial charge < -0.3 is 5.32 Å². The number of aromatic nitrogens is 4. The van der Waals surface area contributed by atoms with Gasteiger partial charge in [0.25, 0.3) is 10.0 Å². The van der Waals surface area contributed by atoms with Gasteiger partial charge in [0.1, 0.15) is 4.21 Å². The lowest BCUT2D eigenvalue weighted by Crippen LogP contribution is -2.27. The second-order valence-electron chi connectivity index (χ2n) is 3.86. The highest BCUT2D eigenvalue weighted by Gasteiger charge is 2.22. The number of tetrazole rings is 1. The molecule has 0 aliphatic rings. The summed E-state index contributed by atoms with van der Waals surface area (Å²) in [5.41, 5.74) is 0. The summed E-state index contributed by atoms with van der Waals surface area (Å²) in [6.45, 7) is 2.30. The highest BCUT2D eigenvalue weighted by molar-refractivity contribution is 7.91. The molecule has 1 unspecified atom stereocenters. The fourth-order valence-corrected chi connectivity index (χ4v) is 4.05. The summed E-state index contributed by atoms with van der Waals surface area (Å²) >= 11 is 1.23. The lowest BCUT2D eigenvalue weighted by molar-refractivity contribution is 0.562. The molecule has 3 N–H and O–H groups in total. The molecule has 2 heterocycles. The molecule has 0 radical (unpaired) electrons. The van der Waals surface area contributed by atoms with Crippen molar-refractivity contribution in [2.24, 2.45) is 0 Å². The number of nitrogens with one attached hydrogen (secondary N) is 3. The molecule has 0 bridgehead atoms. The molecule has 104 valence electrons. The summed E-state index contributed by atoms with van der Waals surface area (Å²) in [7, 11) is -1.75. The fourth-order valence-electron chi connectivity index (χ4n) is 1.47. The van der Waals surface area contributed by atoms with Gasteiger partial charge in [-0.05, 0) is 26.1 Å². The van der Waals surface area contributed by atoms with E-state index < -0.39 is 16.1 Å². The average Bonchev–Trinajstić information content (AvgIpc) is 2.99. The number of nitrogens with zero attached hydrogens (tertiary/aromatic N) is 3. The summed E-state index contributed by atoms with van der Waals surface area (Å²) < 4.78 is 27.1. The molecule has 0 amide bonds. The van der Waals surface area contributed by atoms with Crippen molar-refractivity contribution in [3.63, 3.8) is 0 Å². The van der Waals surface area contributed by atoms with Crippen molar-refractivity contribution in [2.75, 3.05) is 7.05 Å². The van der Waals surface area contributed by atoms with Gasteiger partial charge in [-0.25, -0.2) is 8.42 Å². The fraction of sp³-hybridized carbons (Fsp3) is 0.444. The van der Waals surface area contributed by atoms with E-state index in [4.69, 9.17) is 0 Å². The Morgan fingerprint density at radius 3 is 2.89 bits per heavy atom. The predicted octanol–water partition coefficient (Wildman–Crippen LogP) is 0.0201. The second kappa shape index (κ2) is 5.74. The maximum atomic E-state index is 12.1.